The molecule has 2 N–H and O–H groups in total. The third kappa shape index (κ3) is 3.55. The van der Waals surface area contributed by atoms with Gasteiger partial charge in [0.25, 0.3) is 0 Å². The molecule has 0 fully saturated rings. The molecule has 0 saturated heterocycles. The van der Waals surface area contributed by atoms with E-state index in [2.05, 4.69) is 21.2 Å². The predicted octanol–water partition coefficient (Wildman–Crippen LogP) is 4.14. The summed E-state index contributed by atoms with van der Waals surface area (Å²) >= 11 is 3.29. The van der Waals surface area contributed by atoms with Crippen LogP contribution in [0.3, 0.4) is 0 Å². The Morgan fingerprint density at radius 2 is 1.89 bits per heavy atom. The SMILES string of the molecule is C[C@H](NCc1cccc(Br)c1O)c1ccc(F)cc1. The van der Waals surface area contributed by atoms with Gasteiger partial charge in [0.15, 0.2) is 0 Å². The second kappa shape index (κ2) is 6.17. The molecule has 0 spiro atoms. The maximum Gasteiger partial charge on any atom is 0.134 e. The summed E-state index contributed by atoms with van der Waals surface area (Å²) in [5.74, 6) is 0.0156. The summed E-state index contributed by atoms with van der Waals surface area (Å²) in [5.41, 5.74) is 1.83. The molecule has 19 heavy (non-hydrogen) atoms. The van der Waals surface area contributed by atoms with Crippen molar-refractivity contribution in [2.24, 2.45) is 0 Å². The molecular weight excluding hydrogens is 309 g/mol. The van der Waals surface area contributed by atoms with Gasteiger partial charge in [-0.1, -0.05) is 24.3 Å². The van der Waals surface area contributed by atoms with Gasteiger partial charge >= 0.3 is 0 Å². The van der Waals surface area contributed by atoms with Gasteiger partial charge < -0.3 is 10.4 Å². The minimum absolute atomic E-state index is 0.0824. The number of hydrogen-bond donors (Lipinski definition) is 2. The molecule has 0 amide bonds. The molecule has 1 atom stereocenters. The molecule has 0 bridgehead atoms. The fraction of sp³-hybridized carbons (Fsp3) is 0.200. The standard InChI is InChI=1S/C15H15BrFNO/c1-10(11-5-7-13(17)8-6-11)18-9-12-3-2-4-14(16)15(12)19/h2-8,10,18-19H,9H2,1H3/t10-/m0/s1. The van der Waals surface area contributed by atoms with Crippen molar-refractivity contribution in [3.8, 4) is 5.75 Å². The van der Waals surface area contributed by atoms with Crippen molar-refractivity contribution in [3.63, 3.8) is 0 Å². The zero-order chi connectivity index (χ0) is 13.8. The molecule has 0 unspecified atom stereocenters. The van der Waals surface area contributed by atoms with E-state index in [4.69, 9.17) is 0 Å². The third-order valence-electron chi connectivity index (χ3n) is 3.04. The Bertz CT molecular complexity index is 557. The fourth-order valence-corrected chi connectivity index (χ4v) is 2.24. The van der Waals surface area contributed by atoms with Crippen LogP contribution < -0.4 is 5.32 Å². The molecule has 100 valence electrons. The Hall–Kier alpha value is -1.39. The average Bonchev–Trinajstić information content (AvgIpc) is 2.41. The number of halogens is 2. The molecular formula is C15H15BrFNO. The van der Waals surface area contributed by atoms with Crippen LogP contribution in [0.25, 0.3) is 0 Å². The van der Waals surface area contributed by atoms with E-state index in [1.807, 2.05) is 19.1 Å². The van der Waals surface area contributed by atoms with E-state index in [1.54, 1.807) is 18.2 Å². The number of phenolic OH excluding ortho intramolecular Hbond substituents is 1. The summed E-state index contributed by atoms with van der Waals surface area (Å²) in [6.07, 6.45) is 0. The molecule has 2 aromatic carbocycles. The van der Waals surface area contributed by atoms with E-state index in [1.165, 1.54) is 12.1 Å². The summed E-state index contributed by atoms with van der Waals surface area (Å²) < 4.78 is 13.5. The van der Waals surface area contributed by atoms with Gasteiger partial charge in [0.2, 0.25) is 0 Å². The lowest BCUT2D eigenvalue weighted by Gasteiger charge is -2.15. The number of aromatic hydroxyl groups is 1. The second-order valence-electron chi connectivity index (χ2n) is 4.40. The largest absolute Gasteiger partial charge is 0.506 e. The highest BCUT2D eigenvalue weighted by molar-refractivity contribution is 9.10. The zero-order valence-electron chi connectivity index (χ0n) is 10.5. The van der Waals surface area contributed by atoms with Crippen LogP contribution in [-0.4, -0.2) is 5.11 Å². The van der Waals surface area contributed by atoms with E-state index in [9.17, 15) is 9.50 Å². The first-order valence-corrected chi connectivity index (χ1v) is 6.82. The highest BCUT2D eigenvalue weighted by Gasteiger charge is 2.08. The maximum atomic E-state index is 12.8. The number of benzene rings is 2. The first kappa shape index (κ1) is 14.0. The molecule has 2 rings (SSSR count). The van der Waals surface area contributed by atoms with Crippen LogP contribution >= 0.6 is 15.9 Å². The second-order valence-corrected chi connectivity index (χ2v) is 5.26. The molecule has 0 aliphatic rings. The average molecular weight is 324 g/mol. The smallest absolute Gasteiger partial charge is 0.134 e. The van der Waals surface area contributed by atoms with Crippen LogP contribution in [-0.2, 0) is 6.54 Å². The molecule has 0 heterocycles. The topological polar surface area (TPSA) is 32.3 Å². The van der Waals surface area contributed by atoms with Crippen molar-refractivity contribution in [2.75, 3.05) is 0 Å². The number of nitrogens with one attached hydrogen (secondary N) is 1. The van der Waals surface area contributed by atoms with E-state index >= 15 is 0 Å². The van der Waals surface area contributed by atoms with Crippen molar-refractivity contribution in [1.82, 2.24) is 5.32 Å². The van der Waals surface area contributed by atoms with Crippen LogP contribution in [0, 0.1) is 5.82 Å². The van der Waals surface area contributed by atoms with Gasteiger partial charge in [-0.25, -0.2) is 4.39 Å². The van der Waals surface area contributed by atoms with Gasteiger partial charge in [0.05, 0.1) is 4.47 Å². The van der Waals surface area contributed by atoms with Crippen LogP contribution in [0.15, 0.2) is 46.9 Å². The highest BCUT2D eigenvalue weighted by atomic mass is 79.9. The first-order valence-electron chi connectivity index (χ1n) is 6.03. The van der Waals surface area contributed by atoms with Crippen LogP contribution in [0.4, 0.5) is 4.39 Å². The summed E-state index contributed by atoms with van der Waals surface area (Å²) in [4.78, 5) is 0. The maximum absolute atomic E-state index is 12.8. The summed E-state index contributed by atoms with van der Waals surface area (Å²) in [6, 6.07) is 12.0. The van der Waals surface area contributed by atoms with Gasteiger partial charge in [-0.3, -0.25) is 0 Å². The van der Waals surface area contributed by atoms with Gasteiger partial charge in [0, 0.05) is 18.2 Å². The number of phenols is 1. The van der Waals surface area contributed by atoms with E-state index < -0.39 is 0 Å². The molecule has 0 saturated carbocycles. The Morgan fingerprint density at radius 3 is 2.58 bits per heavy atom. The van der Waals surface area contributed by atoms with Crippen LogP contribution in [0.1, 0.15) is 24.1 Å². The van der Waals surface area contributed by atoms with Gasteiger partial charge in [0.1, 0.15) is 11.6 Å². The van der Waals surface area contributed by atoms with Crippen LogP contribution in [0.5, 0.6) is 5.75 Å². The third-order valence-corrected chi connectivity index (χ3v) is 3.68. The van der Waals surface area contributed by atoms with Crippen molar-refractivity contribution >= 4 is 15.9 Å². The van der Waals surface area contributed by atoms with Crippen molar-refractivity contribution < 1.29 is 9.50 Å². The molecule has 0 aromatic heterocycles. The molecule has 4 heteroatoms. The normalized spacial score (nSPS) is 12.4. The number of hydrogen-bond acceptors (Lipinski definition) is 2. The molecule has 2 nitrogen and oxygen atoms in total. The fourth-order valence-electron chi connectivity index (χ4n) is 1.84. The Morgan fingerprint density at radius 1 is 1.21 bits per heavy atom. The summed E-state index contributed by atoms with van der Waals surface area (Å²) in [5, 5.41) is 13.2. The first-order chi connectivity index (χ1) is 9.08. The Kier molecular flexibility index (Phi) is 4.56. The molecule has 0 aliphatic heterocycles. The monoisotopic (exact) mass is 323 g/mol. The Balaban J connectivity index is 2.02. The van der Waals surface area contributed by atoms with Gasteiger partial charge in [-0.2, -0.15) is 0 Å². The Labute approximate surface area is 120 Å². The van der Waals surface area contributed by atoms with E-state index in [-0.39, 0.29) is 17.6 Å². The molecule has 0 aliphatic carbocycles. The molecule has 2 aromatic rings. The van der Waals surface area contributed by atoms with E-state index in [0.29, 0.717) is 11.0 Å². The highest BCUT2D eigenvalue weighted by Crippen LogP contribution is 2.27. The van der Waals surface area contributed by atoms with Crippen molar-refractivity contribution in [1.29, 1.82) is 0 Å². The minimum Gasteiger partial charge on any atom is -0.506 e. The quantitative estimate of drug-likeness (QED) is 0.886. The lowest BCUT2D eigenvalue weighted by molar-refractivity contribution is 0.457. The van der Waals surface area contributed by atoms with Crippen molar-refractivity contribution in [2.45, 2.75) is 19.5 Å². The summed E-state index contributed by atoms with van der Waals surface area (Å²) in [7, 11) is 0. The lowest BCUT2D eigenvalue weighted by atomic mass is 10.1. The summed E-state index contributed by atoms with van der Waals surface area (Å²) in [6.45, 7) is 2.55. The zero-order valence-corrected chi connectivity index (χ0v) is 12.1. The lowest BCUT2D eigenvalue weighted by Crippen LogP contribution is -2.18. The van der Waals surface area contributed by atoms with E-state index in [0.717, 1.165) is 11.1 Å². The number of rotatable bonds is 4. The predicted molar refractivity (Wildman–Crippen MR) is 77.5 cm³/mol. The van der Waals surface area contributed by atoms with Gasteiger partial charge in [-0.05, 0) is 46.6 Å². The molecule has 0 radical (unpaired) electrons. The van der Waals surface area contributed by atoms with Gasteiger partial charge in [-0.15, -0.1) is 0 Å². The minimum atomic E-state index is -0.236. The van der Waals surface area contributed by atoms with Crippen LogP contribution in [0.2, 0.25) is 0 Å². The van der Waals surface area contributed by atoms with Crippen molar-refractivity contribution in [3.05, 3.63) is 63.9 Å². The number of para-hydroxylation sites is 1.